The molecule has 2 N–H and O–H groups in total. The van der Waals surface area contributed by atoms with Gasteiger partial charge in [0, 0.05) is 12.1 Å². The van der Waals surface area contributed by atoms with E-state index in [9.17, 15) is 9.90 Å². The Morgan fingerprint density at radius 2 is 1.79 bits per heavy atom. The lowest BCUT2D eigenvalue weighted by Crippen LogP contribution is -2.52. The van der Waals surface area contributed by atoms with Crippen molar-refractivity contribution in [2.75, 3.05) is 6.61 Å². The average Bonchev–Trinajstić information content (AvgIpc) is 2.66. The lowest BCUT2D eigenvalue weighted by Gasteiger charge is -2.32. The van der Waals surface area contributed by atoms with Gasteiger partial charge in [-0.15, -0.1) is 0 Å². The highest BCUT2D eigenvalue weighted by Gasteiger charge is 2.34. The zero-order valence-electron chi connectivity index (χ0n) is 13.0. The van der Waals surface area contributed by atoms with Gasteiger partial charge in [0.2, 0.25) is 5.91 Å². The molecule has 1 saturated heterocycles. The van der Waals surface area contributed by atoms with Crippen LogP contribution in [0.15, 0.2) is 0 Å². The third-order valence-corrected chi connectivity index (χ3v) is 4.17. The van der Waals surface area contributed by atoms with E-state index in [1.54, 1.807) is 0 Å². The number of nitrogens with one attached hydrogen (secondary N) is 1. The second kappa shape index (κ2) is 7.25. The maximum atomic E-state index is 12.3. The molecule has 4 heteroatoms. The molecule has 1 aliphatic rings. The van der Waals surface area contributed by atoms with Gasteiger partial charge in [-0.25, -0.2) is 0 Å². The molecule has 4 atom stereocenters. The third-order valence-electron chi connectivity index (χ3n) is 4.17. The van der Waals surface area contributed by atoms with Crippen molar-refractivity contribution in [2.24, 2.45) is 5.92 Å². The summed E-state index contributed by atoms with van der Waals surface area (Å²) in [5.74, 6) is 0.512. The molecule has 0 aliphatic carbocycles. The van der Waals surface area contributed by atoms with Gasteiger partial charge in [-0.2, -0.15) is 0 Å². The largest absolute Gasteiger partial charge is 0.394 e. The van der Waals surface area contributed by atoms with Crippen LogP contribution in [0.1, 0.15) is 53.9 Å². The normalized spacial score (nSPS) is 27.5. The predicted molar refractivity (Wildman–Crippen MR) is 77.9 cm³/mol. The van der Waals surface area contributed by atoms with Crippen LogP contribution in [0.3, 0.4) is 0 Å². The van der Waals surface area contributed by atoms with Gasteiger partial charge in [0.05, 0.1) is 18.7 Å². The molecule has 0 saturated carbocycles. The summed E-state index contributed by atoms with van der Waals surface area (Å²) >= 11 is 0. The molecule has 0 aromatic heterocycles. The van der Waals surface area contributed by atoms with Crippen LogP contribution in [0.25, 0.3) is 0 Å². The summed E-state index contributed by atoms with van der Waals surface area (Å²) in [7, 11) is 0. The monoisotopic (exact) mass is 270 g/mol. The summed E-state index contributed by atoms with van der Waals surface area (Å²) in [6, 6.07) is 0.693. The number of hydrogen-bond acceptors (Lipinski definition) is 3. The van der Waals surface area contributed by atoms with Crippen LogP contribution >= 0.6 is 0 Å². The lowest BCUT2D eigenvalue weighted by atomic mass is 10.0. The summed E-state index contributed by atoms with van der Waals surface area (Å²) in [5, 5.41) is 12.3. The molecule has 4 nitrogen and oxygen atoms in total. The highest BCUT2D eigenvalue weighted by molar-refractivity contribution is 5.81. The Morgan fingerprint density at radius 1 is 1.26 bits per heavy atom. The van der Waals surface area contributed by atoms with Crippen molar-refractivity contribution < 1.29 is 9.90 Å². The van der Waals surface area contributed by atoms with E-state index >= 15 is 0 Å². The Hall–Kier alpha value is -0.610. The molecule has 1 fully saturated rings. The Labute approximate surface area is 117 Å². The number of amides is 1. The van der Waals surface area contributed by atoms with E-state index in [0.29, 0.717) is 18.0 Å². The van der Waals surface area contributed by atoms with E-state index in [1.807, 2.05) is 6.92 Å². The van der Waals surface area contributed by atoms with Gasteiger partial charge in [0.15, 0.2) is 0 Å². The molecule has 19 heavy (non-hydrogen) atoms. The van der Waals surface area contributed by atoms with Gasteiger partial charge < -0.3 is 10.4 Å². The first-order valence-electron chi connectivity index (χ1n) is 7.55. The molecule has 1 heterocycles. The quantitative estimate of drug-likeness (QED) is 0.773. The first kappa shape index (κ1) is 16.4. The molecule has 0 unspecified atom stereocenters. The van der Waals surface area contributed by atoms with E-state index in [4.69, 9.17) is 0 Å². The lowest BCUT2D eigenvalue weighted by molar-refractivity contribution is -0.128. The summed E-state index contributed by atoms with van der Waals surface area (Å²) in [5.41, 5.74) is 0. The zero-order valence-corrected chi connectivity index (χ0v) is 13.0. The van der Waals surface area contributed by atoms with E-state index in [0.717, 1.165) is 19.3 Å². The van der Waals surface area contributed by atoms with Crippen LogP contribution in [0, 0.1) is 5.92 Å². The molecular formula is C15H30N2O2. The number of carbonyl (C=O) groups is 1. The maximum absolute atomic E-state index is 12.3. The Kier molecular flexibility index (Phi) is 6.27. The van der Waals surface area contributed by atoms with Crippen molar-refractivity contribution >= 4 is 5.91 Å². The van der Waals surface area contributed by atoms with Crippen molar-refractivity contribution in [2.45, 2.75) is 78.0 Å². The number of nitrogens with zero attached hydrogens (tertiary/aromatic N) is 1. The third kappa shape index (κ3) is 4.46. The fourth-order valence-corrected chi connectivity index (χ4v) is 3.18. The minimum absolute atomic E-state index is 0.0156. The maximum Gasteiger partial charge on any atom is 0.237 e. The molecule has 112 valence electrons. The first-order valence-corrected chi connectivity index (χ1v) is 7.55. The number of likely N-dealkylation sites (tertiary alicyclic amines) is 1. The van der Waals surface area contributed by atoms with Crippen LogP contribution < -0.4 is 5.32 Å². The van der Waals surface area contributed by atoms with E-state index in [1.165, 1.54) is 0 Å². The van der Waals surface area contributed by atoms with Gasteiger partial charge in [-0.3, -0.25) is 9.69 Å². The van der Waals surface area contributed by atoms with E-state index < -0.39 is 0 Å². The van der Waals surface area contributed by atoms with Crippen LogP contribution in [0.2, 0.25) is 0 Å². The van der Waals surface area contributed by atoms with E-state index in [2.05, 4.69) is 37.9 Å². The topological polar surface area (TPSA) is 52.6 Å². The van der Waals surface area contributed by atoms with Crippen LogP contribution in [-0.2, 0) is 4.79 Å². The van der Waals surface area contributed by atoms with Crippen LogP contribution in [0.5, 0.6) is 0 Å². The molecule has 0 bridgehead atoms. The SMILES string of the molecule is CC(C)C[C@H](CO)NC(=O)[C@H](C)N1[C@H](C)CC[C@@H]1C. The number of aliphatic hydroxyl groups excluding tert-OH is 1. The van der Waals surface area contributed by atoms with Crippen LogP contribution in [-0.4, -0.2) is 46.7 Å². The molecule has 0 radical (unpaired) electrons. The first-order chi connectivity index (χ1) is 8.86. The Bertz CT molecular complexity index is 284. The number of aliphatic hydroxyl groups is 1. The molecule has 0 aromatic rings. The molecular weight excluding hydrogens is 240 g/mol. The van der Waals surface area contributed by atoms with Crippen molar-refractivity contribution in [3.8, 4) is 0 Å². The number of carbonyl (C=O) groups excluding carboxylic acids is 1. The summed E-state index contributed by atoms with van der Waals surface area (Å²) in [6.45, 7) is 10.6. The smallest absolute Gasteiger partial charge is 0.237 e. The van der Waals surface area contributed by atoms with Gasteiger partial charge >= 0.3 is 0 Å². The van der Waals surface area contributed by atoms with Gasteiger partial charge in [-0.05, 0) is 46.0 Å². The van der Waals surface area contributed by atoms with Crippen molar-refractivity contribution in [1.29, 1.82) is 0 Å². The molecule has 1 rings (SSSR count). The minimum Gasteiger partial charge on any atom is -0.394 e. The van der Waals surface area contributed by atoms with Gasteiger partial charge in [0.25, 0.3) is 0 Å². The highest BCUT2D eigenvalue weighted by atomic mass is 16.3. The Morgan fingerprint density at radius 3 is 2.21 bits per heavy atom. The molecule has 0 spiro atoms. The highest BCUT2D eigenvalue weighted by Crippen LogP contribution is 2.25. The number of rotatable bonds is 6. The fourth-order valence-electron chi connectivity index (χ4n) is 3.18. The summed E-state index contributed by atoms with van der Waals surface area (Å²) < 4.78 is 0. The van der Waals surface area contributed by atoms with Gasteiger partial charge in [-0.1, -0.05) is 13.8 Å². The number of hydrogen-bond donors (Lipinski definition) is 2. The van der Waals surface area contributed by atoms with Gasteiger partial charge in [0.1, 0.15) is 0 Å². The minimum atomic E-state index is -0.122. The summed E-state index contributed by atoms with van der Waals surface area (Å²) in [6.07, 6.45) is 3.14. The zero-order chi connectivity index (χ0) is 14.6. The van der Waals surface area contributed by atoms with E-state index in [-0.39, 0.29) is 24.6 Å². The van der Waals surface area contributed by atoms with Crippen molar-refractivity contribution in [1.82, 2.24) is 10.2 Å². The predicted octanol–water partition coefficient (Wildman–Crippen LogP) is 1.77. The fraction of sp³-hybridized carbons (Fsp3) is 0.933. The average molecular weight is 270 g/mol. The molecule has 1 amide bonds. The second-order valence-electron chi connectivity index (χ2n) is 6.42. The van der Waals surface area contributed by atoms with Crippen LogP contribution in [0.4, 0.5) is 0 Å². The Balaban J connectivity index is 2.56. The second-order valence-corrected chi connectivity index (χ2v) is 6.42. The molecule has 1 aliphatic heterocycles. The van der Waals surface area contributed by atoms with Crippen molar-refractivity contribution in [3.63, 3.8) is 0 Å². The van der Waals surface area contributed by atoms with Crippen molar-refractivity contribution in [3.05, 3.63) is 0 Å². The molecule has 0 aromatic carbocycles. The summed E-state index contributed by atoms with van der Waals surface area (Å²) in [4.78, 5) is 14.6. The standard InChI is InChI=1S/C15H30N2O2/c1-10(2)8-14(9-18)16-15(19)13(5)17-11(3)6-7-12(17)4/h10-14,18H,6-9H2,1-5H3,(H,16,19)/t11-,12+,13-,14+/m0/s1.